The second-order valence-corrected chi connectivity index (χ2v) is 8.23. The number of H-pyrrole nitrogens is 1. The van der Waals surface area contributed by atoms with Crippen molar-refractivity contribution in [2.75, 3.05) is 31.1 Å². The Morgan fingerprint density at radius 2 is 1.72 bits per heavy atom. The van der Waals surface area contributed by atoms with Gasteiger partial charge in [-0.25, -0.2) is 9.67 Å². The van der Waals surface area contributed by atoms with Crippen molar-refractivity contribution in [1.82, 2.24) is 14.7 Å². The van der Waals surface area contributed by atoms with Crippen molar-refractivity contribution in [2.24, 2.45) is 0 Å². The third-order valence-corrected chi connectivity index (χ3v) is 6.49. The number of rotatable bonds is 3. The van der Waals surface area contributed by atoms with Gasteiger partial charge in [0.2, 0.25) is 0 Å². The van der Waals surface area contributed by atoms with Crippen LogP contribution in [0.25, 0.3) is 15.9 Å². The smallest absolute Gasteiger partial charge is 0.264 e. The molecule has 0 saturated carbocycles. The maximum absolute atomic E-state index is 13.2. The Labute approximate surface area is 173 Å². The number of amides is 1. The van der Waals surface area contributed by atoms with Crippen molar-refractivity contribution in [3.63, 3.8) is 0 Å². The molecule has 0 bridgehead atoms. The number of aromatic amines is 1. The highest BCUT2D eigenvalue weighted by atomic mass is 32.1. The lowest BCUT2D eigenvalue weighted by Gasteiger charge is -2.35. The van der Waals surface area contributed by atoms with Crippen molar-refractivity contribution in [3.05, 3.63) is 71.5 Å². The first-order chi connectivity index (χ1) is 14.2. The fourth-order valence-electron chi connectivity index (χ4n) is 3.81. The molecule has 0 radical (unpaired) electrons. The fraction of sp³-hybridized carbons (Fsp3) is 0.227. The van der Waals surface area contributed by atoms with Crippen LogP contribution in [0.15, 0.2) is 60.9 Å². The predicted octanol–water partition coefficient (Wildman–Crippen LogP) is 3.17. The van der Waals surface area contributed by atoms with Gasteiger partial charge in [0.1, 0.15) is 4.83 Å². The number of aromatic nitrogens is 3. The van der Waals surface area contributed by atoms with Crippen LogP contribution in [0.3, 0.4) is 0 Å². The highest BCUT2D eigenvalue weighted by molar-refractivity contribution is 7.20. The third kappa shape index (κ3) is 3.27. The molecule has 0 aliphatic carbocycles. The zero-order valence-corrected chi connectivity index (χ0v) is 17.0. The molecule has 1 fully saturated rings. The average molecular weight is 405 g/mol. The monoisotopic (exact) mass is 404 g/mol. The topological polar surface area (TPSA) is 55.5 Å². The lowest BCUT2D eigenvalue weighted by atomic mass is 10.2. The highest BCUT2D eigenvalue weighted by Crippen LogP contribution is 2.31. The van der Waals surface area contributed by atoms with E-state index in [0.717, 1.165) is 52.7 Å². The first kappa shape index (κ1) is 17.9. The molecule has 0 unspecified atom stereocenters. The molecule has 0 spiro atoms. The van der Waals surface area contributed by atoms with Gasteiger partial charge < -0.3 is 9.80 Å². The first-order valence-electron chi connectivity index (χ1n) is 9.75. The molecular weight excluding hydrogens is 382 g/mol. The molecule has 1 aliphatic heterocycles. The number of aryl methyl sites for hydroxylation is 1. The standard InChI is InChI=1S/C22H21N5OS/c1-16-19-15-20(29-22(19)27(24-16)18-5-3-2-4-6-18)21(28)26-13-11-25(12-14-26)17-7-9-23-10-8-17/h2-10,15H,11-14H2,1H3/p+1. The number of anilines is 1. The van der Waals surface area contributed by atoms with Crippen molar-refractivity contribution in [3.8, 4) is 5.69 Å². The number of thiophene rings is 1. The maximum Gasteiger partial charge on any atom is 0.264 e. The zero-order valence-electron chi connectivity index (χ0n) is 16.2. The molecule has 0 atom stereocenters. The van der Waals surface area contributed by atoms with Crippen LogP contribution in [0.4, 0.5) is 5.69 Å². The summed E-state index contributed by atoms with van der Waals surface area (Å²) in [7, 11) is 0. The van der Waals surface area contributed by atoms with E-state index in [1.807, 2.05) is 65.3 Å². The number of benzene rings is 1. The molecular formula is C22H22N5OS+. The second-order valence-electron chi connectivity index (χ2n) is 7.20. The number of pyridine rings is 1. The van der Waals surface area contributed by atoms with E-state index in [4.69, 9.17) is 0 Å². The summed E-state index contributed by atoms with van der Waals surface area (Å²) in [6.45, 7) is 5.15. The fourth-order valence-corrected chi connectivity index (χ4v) is 4.96. The molecule has 4 heterocycles. The van der Waals surface area contributed by atoms with Gasteiger partial charge in [-0.15, -0.1) is 11.3 Å². The predicted molar refractivity (Wildman–Crippen MR) is 115 cm³/mol. The summed E-state index contributed by atoms with van der Waals surface area (Å²) in [5.41, 5.74) is 3.15. The Hall–Kier alpha value is -3.19. The van der Waals surface area contributed by atoms with Crippen LogP contribution in [0, 0.1) is 6.92 Å². The van der Waals surface area contributed by atoms with E-state index in [1.165, 1.54) is 17.0 Å². The molecule has 4 aromatic rings. The lowest BCUT2D eigenvalue weighted by Crippen LogP contribution is -2.48. The Bertz CT molecular complexity index is 1140. The highest BCUT2D eigenvalue weighted by Gasteiger charge is 2.25. The summed E-state index contributed by atoms with van der Waals surface area (Å²) in [6, 6.07) is 16.2. The number of hydrogen-bond donors (Lipinski definition) is 0. The van der Waals surface area contributed by atoms with Gasteiger partial charge in [0, 0.05) is 49.4 Å². The molecule has 29 heavy (non-hydrogen) atoms. The van der Waals surface area contributed by atoms with Crippen LogP contribution >= 0.6 is 11.3 Å². The van der Waals surface area contributed by atoms with Crippen molar-refractivity contribution in [2.45, 2.75) is 6.92 Å². The number of carbonyl (C=O) groups is 1. The van der Waals surface area contributed by atoms with Crippen LogP contribution < -0.4 is 9.88 Å². The van der Waals surface area contributed by atoms with E-state index >= 15 is 0 Å². The molecule has 7 heteroatoms. The van der Waals surface area contributed by atoms with Gasteiger partial charge in [0.15, 0.2) is 12.4 Å². The van der Waals surface area contributed by atoms with E-state index in [1.54, 1.807) is 0 Å². The summed E-state index contributed by atoms with van der Waals surface area (Å²) in [4.78, 5) is 22.3. The molecule has 6 nitrogen and oxygen atoms in total. The van der Waals surface area contributed by atoms with Crippen molar-refractivity contribution < 1.29 is 9.78 Å². The van der Waals surface area contributed by atoms with Crippen LogP contribution in [0.5, 0.6) is 0 Å². The Balaban J connectivity index is 1.37. The number of hydrogen-bond acceptors (Lipinski definition) is 4. The minimum atomic E-state index is 0.117. The molecule has 1 saturated heterocycles. The van der Waals surface area contributed by atoms with Crippen LogP contribution in [-0.4, -0.2) is 46.8 Å². The van der Waals surface area contributed by atoms with E-state index in [0.29, 0.717) is 0 Å². The van der Waals surface area contributed by atoms with Crippen LogP contribution in [0.2, 0.25) is 0 Å². The Morgan fingerprint density at radius 1 is 1.00 bits per heavy atom. The van der Waals surface area contributed by atoms with Gasteiger partial charge in [-0.3, -0.25) is 4.79 Å². The number of para-hydroxylation sites is 1. The van der Waals surface area contributed by atoms with E-state index in [9.17, 15) is 4.79 Å². The van der Waals surface area contributed by atoms with Gasteiger partial charge in [0.05, 0.1) is 16.3 Å². The normalized spacial score (nSPS) is 14.5. The molecule has 1 aliphatic rings. The third-order valence-electron chi connectivity index (χ3n) is 5.39. The minimum absolute atomic E-state index is 0.117. The zero-order chi connectivity index (χ0) is 19.8. The molecule has 3 aromatic heterocycles. The van der Waals surface area contributed by atoms with E-state index in [-0.39, 0.29) is 5.91 Å². The molecule has 146 valence electrons. The average Bonchev–Trinajstić information content (AvgIpc) is 3.35. The summed E-state index contributed by atoms with van der Waals surface area (Å²) in [6.07, 6.45) is 3.87. The van der Waals surface area contributed by atoms with Gasteiger partial charge in [-0.1, -0.05) is 18.2 Å². The minimum Gasteiger partial charge on any atom is -0.368 e. The van der Waals surface area contributed by atoms with Gasteiger partial charge in [0.25, 0.3) is 5.91 Å². The number of carbonyl (C=O) groups excluding carboxylic acids is 1. The van der Waals surface area contributed by atoms with Crippen LogP contribution in [0.1, 0.15) is 15.4 Å². The summed E-state index contributed by atoms with van der Waals surface area (Å²) < 4.78 is 1.94. The summed E-state index contributed by atoms with van der Waals surface area (Å²) in [5.74, 6) is 0.117. The van der Waals surface area contributed by atoms with Gasteiger partial charge in [-0.2, -0.15) is 5.10 Å². The maximum atomic E-state index is 13.2. The second kappa shape index (κ2) is 7.33. The van der Waals surface area contributed by atoms with Crippen molar-refractivity contribution >= 4 is 33.1 Å². The van der Waals surface area contributed by atoms with Crippen LogP contribution in [-0.2, 0) is 0 Å². The first-order valence-corrected chi connectivity index (χ1v) is 10.6. The Kier molecular flexibility index (Phi) is 4.52. The van der Waals surface area contributed by atoms with E-state index < -0.39 is 0 Å². The molecule has 1 amide bonds. The van der Waals surface area contributed by atoms with Gasteiger partial charge >= 0.3 is 0 Å². The lowest BCUT2D eigenvalue weighted by molar-refractivity contribution is -0.377. The number of nitrogens with one attached hydrogen (secondary N) is 1. The molecule has 5 rings (SSSR count). The van der Waals surface area contributed by atoms with Crippen molar-refractivity contribution in [1.29, 1.82) is 0 Å². The molecule has 1 N–H and O–H groups in total. The molecule has 1 aromatic carbocycles. The van der Waals surface area contributed by atoms with E-state index in [2.05, 4.69) is 27.1 Å². The Morgan fingerprint density at radius 3 is 2.45 bits per heavy atom. The number of nitrogens with zero attached hydrogens (tertiary/aromatic N) is 4. The summed E-state index contributed by atoms with van der Waals surface area (Å²) >= 11 is 1.53. The SMILES string of the molecule is Cc1nn(-c2ccccc2)c2sc(C(=O)N3CCN(c4cc[nH+]cc4)CC3)cc12. The quantitative estimate of drug-likeness (QED) is 0.527. The number of piperazine rings is 1. The number of fused-ring (bicyclic) bond motifs is 1. The van der Waals surface area contributed by atoms with Gasteiger partial charge in [-0.05, 0) is 25.1 Å². The largest absolute Gasteiger partial charge is 0.368 e. The summed E-state index contributed by atoms with van der Waals surface area (Å²) in [5, 5.41) is 5.73.